The molecule has 0 bridgehead atoms. The molecule has 1 unspecified atom stereocenters. The van der Waals surface area contributed by atoms with Gasteiger partial charge in [0.1, 0.15) is 5.75 Å². The molecule has 0 aliphatic heterocycles. The van der Waals surface area contributed by atoms with Crippen molar-refractivity contribution in [2.75, 3.05) is 40.5 Å². The first-order chi connectivity index (χ1) is 11.0. The van der Waals surface area contributed by atoms with E-state index in [1.165, 1.54) is 5.56 Å². The van der Waals surface area contributed by atoms with E-state index < -0.39 is 6.10 Å². The second-order valence-electron chi connectivity index (χ2n) is 5.97. The highest BCUT2D eigenvalue weighted by Crippen LogP contribution is 2.13. The summed E-state index contributed by atoms with van der Waals surface area (Å²) in [7, 11) is 3.37. The molecule has 132 valence electrons. The van der Waals surface area contributed by atoms with Crippen LogP contribution in [0.4, 0.5) is 0 Å². The molecule has 0 aromatic heterocycles. The fraction of sp³-hybridized carbons (Fsp3) is 0.667. The third-order valence-corrected chi connectivity index (χ3v) is 3.48. The van der Waals surface area contributed by atoms with Crippen LogP contribution in [0.3, 0.4) is 0 Å². The summed E-state index contributed by atoms with van der Waals surface area (Å²) in [5.74, 6) is 0.852. The van der Waals surface area contributed by atoms with Crippen molar-refractivity contribution < 1.29 is 19.3 Å². The van der Waals surface area contributed by atoms with Crippen LogP contribution in [0.25, 0.3) is 0 Å². The van der Waals surface area contributed by atoms with Crippen molar-refractivity contribution in [1.82, 2.24) is 4.90 Å². The molecule has 1 aromatic carbocycles. The molecule has 0 saturated heterocycles. The van der Waals surface area contributed by atoms with Crippen LogP contribution in [-0.4, -0.2) is 62.7 Å². The molecule has 5 heteroatoms. The van der Waals surface area contributed by atoms with Crippen LogP contribution in [-0.2, 0) is 16.0 Å². The molecule has 0 saturated carbocycles. The highest BCUT2D eigenvalue weighted by molar-refractivity contribution is 5.27. The molecule has 0 spiro atoms. The third-order valence-electron chi connectivity index (χ3n) is 3.48. The van der Waals surface area contributed by atoms with E-state index in [0.717, 1.165) is 31.9 Å². The maximum absolute atomic E-state index is 10.2. The average Bonchev–Trinajstić information content (AvgIpc) is 2.54. The predicted molar refractivity (Wildman–Crippen MR) is 91.9 cm³/mol. The van der Waals surface area contributed by atoms with Gasteiger partial charge in [0.2, 0.25) is 0 Å². The minimum Gasteiger partial charge on any atom is -0.497 e. The third kappa shape index (κ3) is 8.91. The summed E-state index contributed by atoms with van der Waals surface area (Å²) in [5, 5.41) is 10.2. The number of hydrogen-bond acceptors (Lipinski definition) is 5. The van der Waals surface area contributed by atoms with Crippen LogP contribution < -0.4 is 4.74 Å². The van der Waals surface area contributed by atoms with E-state index in [2.05, 4.69) is 17.0 Å². The molecule has 0 radical (unpaired) electrons. The lowest BCUT2D eigenvalue weighted by Gasteiger charge is -2.25. The summed E-state index contributed by atoms with van der Waals surface area (Å²) < 4.78 is 15.8. The van der Waals surface area contributed by atoms with Crippen molar-refractivity contribution in [1.29, 1.82) is 0 Å². The Balaban J connectivity index is 2.55. The first-order valence-corrected chi connectivity index (χ1v) is 8.19. The van der Waals surface area contributed by atoms with Gasteiger partial charge in [0.05, 0.1) is 25.9 Å². The normalized spacial score (nSPS) is 12.8. The van der Waals surface area contributed by atoms with Crippen molar-refractivity contribution in [2.45, 2.75) is 39.0 Å². The van der Waals surface area contributed by atoms with E-state index in [1.54, 1.807) is 14.2 Å². The van der Waals surface area contributed by atoms with Gasteiger partial charge < -0.3 is 19.3 Å². The van der Waals surface area contributed by atoms with Gasteiger partial charge in [-0.3, -0.25) is 4.90 Å². The van der Waals surface area contributed by atoms with Crippen LogP contribution in [0.1, 0.15) is 25.8 Å². The Hall–Kier alpha value is -1.14. The SMILES string of the molecule is COCCCN(Cc1ccc(OC)cc1)CC(O)COC(C)C. The molecule has 0 amide bonds. The second-order valence-corrected chi connectivity index (χ2v) is 5.97. The van der Waals surface area contributed by atoms with E-state index >= 15 is 0 Å². The number of benzene rings is 1. The number of rotatable bonds is 12. The van der Waals surface area contributed by atoms with Crippen molar-refractivity contribution in [3.63, 3.8) is 0 Å². The zero-order valence-electron chi connectivity index (χ0n) is 14.8. The predicted octanol–water partition coefficient (Wildman–Crippen LogP) is 2.32. The Bertz CT molecular complexity index is 408. The Morgan fingerprint density at radius 2 is 1.83 bits per heavy atom. The zero-order chi connectivity index (χ0) is 17.1. The lowest BCUT2D eigenvalue weighted by molar-refractivity contribution is -0.0103. The molecule has 0 aliphatic rings. The quantitative estimate of drug-likeness (QED) is 0.598. The number of aliphatic hydroxyl groups is 1. The molecule has 1 N–H and O–H groups in total. The number of aliphatic hydroxyl groups excluding tert-OH is 1. The summed E-state index contributed by atoms with van der Waals surface area (Å²) in [6.45, 7) is 7.27. The summed E-state index contributed by atoms with van der Waals surface area (Å²) in [6, 6.07) is 8.03. The lowest BCUT2D eigenvalue weighted by Crippen LogP contribution is -2.36. The number of nitrogens with zero attached hydrogens (tertiary/aromatic N) is 1. The van der Waals surface area contributed by atoms with Gasteiger partial charge in [-0.2, -0.15) is 0 Å². The van der Waals surface area contributed by atoms with Crippen LogP contribution in [0.2, 0.25) is 0 Å². The van der Waals surface area contributed by atoms with Gasteiger partial charge in [-0.15, -0.1) is 0 Å². The summed E-state index contributed by atoms with van der Waals surface area (Å²) >= 11 is 0. The smallest absolute Gasteiger partial charge is 0.118 e. The highest BCUT2D eigenvalue weighted by atomic mass is 16.5. The van der Waals surface area contributed by atoms with Crippen molar-refractivity contribution in [3.05, 3.63) is 29.8 Å². The largest absolute Gasteiger partial charge is 0.497 e. The maximum atomic E-state index is 10.2. The number of methoxy groups -OCH3 is 2. The Labute approximate surface area is 140 Å². The average molecular weight is 325 g/mol. The number of hydrogen-bond donors (Lipinski definition) is 1. The molecule has 0 fully saturated rings. The zero-order valence-corrected chi connectivity index (χ0v) is 14.8. The van der Waals surface area contributed by atoms with Gasteiger partial charge in [0, 0.05) is 33.4 Å². The molecule has 23 heavy (non-hydrogen) atoms. The van der Waals surface area contributed by atoms with Gasteiger partial charge in [0.15, 0.2) is 0 Å². The summed E-state index contributed by atoms with van der Waals surface area (Å²) in [5.41, 5.74) is 1.19. The standard InChI is InChI=1S/C18H31NO4/c1-15(2)23-14-17(20)13-19(10-5-11-21-3)12-16-6-8-18(22-4)9-7-16/h6-9,15,17,20H,5,10-14H2,1-4H3. The van der Waals surface area contributed by atoms with Crippen LogP contribution >= 0.6 is 0 Å². The molecule has 5 nitrogen and oxygen atoms in total. The van der Waals surface area contributed by atoms with Gasteiger partial charge in [0.25, 0.3) is 0 Å². The van der Waals surface area contributed by atoms with Gasteiger partial charge in [-0.05, 0) is 38.0 Å². The van der Waals surface area contributed by atoms with Gasteiger partial charge >= 0.3 is 0 Å². The van der Waals surface area contributed by atoms with E-state index in [0.29, 0.717) is 13.2 Å². The van der Waals surface area contributed by atoms with Gasteiger partial charge in [-0.25, -0.2) is 0 Å². The van der Waals surface area contributed by atoms with Crippen molar-refractivity contribution in [2.24, 2.45) is 0 Å². The molecular formula is C18H31NO4. The topological polar surface area (TPSA) is 51.2 Å². The Morgan fingerprint density at radius 1 is 1.13 bits per heavy atom. The van der Waals surface area contributed by atoms with E-state index in [9.17, 15) is 5.11 Å². The minimum atomic E-state index is -0.488. The molecule has 0 aliphatic carbocycles. The van der Waals surface area contributed by atoms with E-state index in [4.69, 9.17) is 14.2 Å². The molecule has 1 aromatic rings. The van der Waals surface area contributed by atoms with E-state index in [-0.39, 0.29) is 6.10 Å². The monoisotopic (exact) mass is 325 g/mol. The Kier molecular flexibility index (Phi) is 9.87. The Morgan fingerprint density at radius 3 is 2.39 bits per heavy atom. The van der Waals surface area contributed by atoms with Crippen molar-refractivity contribution >= 4 is 0 Å². The number of ether oxygens (including phenoxy) is 3. The fourth-order valence-corrected chi connectivity index (χ4v) is 2.31. The fourth-order valence-electron chi connectivity index (χ4n) is 2.31. The summed E-state index contributed by atoms with van der Waals surface area (Å²) in [4.78, 5) is 2.23. The van der Waals surface area contributed by atoms with Crippen LogP contribution in [0, 0.1) is 0 Å². The first kappa shape index (κ1) is 19.9. The molecule has 1 atom stereocenters. The maximum Gasteiger partial charge on any atom is 0.118 e. The van der Waals surface area contributed by atoms with Crippen LogP contribution in [0.5, 0.6) is 5.75 Å². The van der Waals surface area contributed by atoms with E-state index in [1.807, 2.05) is 26.0 Å². The molecule has 1 rings (SSSR count). The minimum absolute atomic E-state index is 0.133. The van der Waals surface area contributed by atoms with Gasteiger partial charge in [-0.1, -0.05) is 12.1 Å². The molecule has 0 heterocycles. The summed E-state index contributed by atoms with van der Waals surface area (Å²) in [6.07, 6.45) is 0.580. The first-order valence-electron chi connectivity index (χ1n) is 8.19. The van der Waals surface area contributed by atoms with Crippen molar-refractivity contribution in [3.8, 4) is 5.75 Å². The highest BCUT2D eigenvalue weighted by Gasteiger charge is 2.13. The lowest BCUT2D eigenvalue weighted by atomic mass is 10.2. The van der Waals surface area contributed by atoms with Crippen LogP contribution in [0.15, 0.2) is 24.3 Å². The second kappa shape index (κ2) is 11.4. The molecular weight excluding hydrogens is 294 g/mol.